The number of H-pyrrole nitrogens is 1. The molecule has 6 heteroatoms. The normalized spacial score (nSPS) is 10.9. The fourth-order valence-corrected chi connectivity index (χ4v) is 2.84. The van der Waals surface area contributed by atoms with Gasteiger partial charge in [0.1, 0.15) is 5.75 Å². The van der Waals surface area contributed by atoms with E-state index < -0.39 is 0 Å². The number of fused-ring (bicyclic) bond motifs is 1. The van der Waals surface area contributed by atoms with Crippen molar-refractivity contribution in [2.75, 3.05) is 7.11 Å². The molecule has 0 aliphatic rings. The molecule has 3 aromatic rings. The number of nitrogens with zero attached hydrogens (tertiary/aromatic N) is 1. The molecule has 0 fully saturated rings. The summed E-state index contributed by atoms with van der Waals surface area (Å²) in [5.41, 5.74) is 2.42. The van der Waals surface area contributed by atoms with Crippen LogP contribution in [0, 0.1) is 4.77 Å². The first-order valence-electron chi connectivity index (χ1n) is 5.85. The number of aromatic nitrogens is 2. The van der Waals surface area contributed by atoms with E-state index in [1.807, 2.05) is 28.8 Å². The molecule has 20 heavy (non-hydrogen) atoms. The number of methoxy groups -OCH3 is 1. The summed E-state index contributed by atoms with van der Waals surface area (Å²) in [5.74, 6) is 0.711. The lowest BCUT2D eigenvalue weighted by molar-refractivity contribution is 0.414. The summed E-state index contributed by atoms with van der Waals surface area (Å²) in [6, 6.07) is 11.0. The van der Waals surface area contributed by atoms with Gasteiger partial charge in [-0.2, -0.15) is 0 Å². The molecule has 0 saturated carbocycles. The Bertz CT molecular complexity index is 854. The highest BCUT2D eigenvalue weighted by Gasteiger charge is 2.12. The molecule has 0 spiro atoms. The summed E-state index contributed by atoms with van der Waals surface area (Å²) in [6.07, 6.45) is 0. The molecule has 0 aliphatic carbocycles. The van der Waals surface area contributed by atoms with E-state index >= 15 is 0 Å². The lowest BCUT2D eigenvalue weighted by Crippen LogP contribution is -1.96. The molecule has 3 rings (SSSR count). The molecule has 0 unspecified atom stereocenters. The van der Waals surface area contributed by atoms with Gasteiger partial charge in [-0.3, -0.25) is 4.57 Å². The van der Waals surface area contributed by atoms with Gasteiger partial charge < -0.3 is 9.72 Å². The molecule has 0 atom stereocenters. The first-order valence-corrected chi connectivity index (χ1v) is 7.01. The maximum atomic E-state index is 6.29. The van der Waals surface area contributed by atoms with Crippen molar-refractivity contribution in [2.24, 2.45) is 0 Å². The van der Waals surface area contributed by atoms with Crippen LogP contribution in [0.2, 0.25) is 10.0 Å². The van der Waals surface area contributed by atoms with E-state index in [1.54, 1.807) is 19.2 Å². The number of rotatable bonds is 2. The van der Waals surface area contributed by atoms with Crippen LogP contribution in [-0.4, -0.2) is 16.7 Å². The van der Waals surface area contributed by atoms with Crippen LogP contribution in [0.1, 0.15) is 0 Å². The average Bonchev–Trinajstić information content (AvgIpc) is 2.77. The Kier molecular flexibility index (Phi) is 3.46. The van der Waals surface area contributed by atoms with Gasteiger partial charge >= 0.3 is 0 Å². The van der Waals surface area contributed by atoms with Gasteiger partial charge in [-0.1, -0.05) is 29.3 Å². The van der Waals surface area contributed by atoms with Crippen LogP contribution in [0.25, 0.3) is 16.7 Å². The smallest absolute Gasteiger partial charge is 0.182 e. The highest BCUT2D eigenvalue weighted by atomic mass is 35.5. The van der Waals surface area contributed by atoms with E-state index in [1.165, 1.54) is 0 Å². The Labute approximate surface area is 130 Å². The first-order chi connectivity index (χ1) is 9.61. The van der Waals surface area contributed by atoms with Crippen molar-refractivity contribution in [3.63, 3.8) is 0 Å². The molecule has 0 amide bonds. The highest BCUT2D eigenvalue weighted by Crippen LogP contribution is 2.31. The predicted molar refractivity (Wildman–Crippen MR) is 85.0 cm³/mol. The van der Waals surface area contributed by atoms with Crippen molar-refractivity contribution < 1.29 is 4.74 Å². The largest absolute Gasteiger partial charge is 0.497 e. The van der Waals surface area contributed by atoms with Gasteiger partial charge in [0, 0.05) is 6.07 Å². The summed E-state index contributed by atoms with van der Waals surface area (Å²) in [7, 11) is 1.61. The van der Waals surface area contributed by atoms with Gasteiger partial charge in [0.05, 0.1) is 33.9 Å². The van der Waals surface area contributed by atoms with Crippen LogP contribution in [0.15, 0.2) is 36.4 Å². The summed E-state index contributed by atoms with van der Waals surface area (Å²) >= 11 is 17.8. The molecule has 1 aromatic heterocycles. The minimum Gasteiger partial charge on any atom is -0.497 e. The number of nitrogens with one attached hydrogen (secondary N) is 1. The topological polar surface area (TPSA) is 29.9 Å². The molecule has 0 bridgehead atoms. The summed E-state index contributed by atoms with van der Waals surface area (Å²) in [6.45, 7) is 0. The SMILES string of the molecule is COc1ccc(Cl)c(-n2c(=S)[nH]c3c(Cl)cccc32)c1. The zero-order chi connectivity index (χ0) is 14.3. The van der Waals surface area contributed by atoms with Gasteiger partial charge in [-0.05, 0) is 36.5 Å². The second kappa shape index (κ2) is 5.13. The predicted octanol–water partition coefficient (Wildman–Crippen LogP) is 5.00. The van der Waals surface area contributed by atoms with Crippen LogP contribution in [0.5, 0.6) is 5.75 Å². The van der Waals surface area contributed by atoms with Crippen molar-refractivity contribution in [1.82, 2.24) is 9.55 Å². The lowest BCUT2D eigenvalue weighted by Gasteiger charge is -2.09. The van der Waals surface area contributed by atoms with E-state index in [4.69, 9.17) is 40.2 Å². The van der Waals surface area contributed by atoms with Gasteiger partial charge in [0.15, 0.2) is 4.77 Å². The molecule has 3 nitrogen and oxygen atoms in total. The van der Waals surface area contributed by atoms with Crippen molar-refractivity contribution in [3.05, 3.63) is 51.2 Å². The van der Waals surface area contributed by atoms with Crippen LogP contribution in [-0.2, 0) is 0 Å². The van der Waals surface area contributed by atoms with Crippen molar-refractivity contribution >= 4 is 46.5 Å². The Morgan fingerprint density at radius 1 is 1.15 bits per heavy atom. The van der Waals surface area contributed by atoms with E-state index in [2.05, 4.69) is 4.98 Å². The maximum absolute atomic E-state index is 6.29. The number of hydrogen-bond acceptors (Lipinski definition) is 2. The Morgan fingerprint density at radius 2 is 1.95 bits per heavy atom. The van der Waals surface area contributed by atoms with Crippen LogP contribution in [0.3, 0.4) is 0 Å². The van der Waals surface area contributed by atoms with E-state index in [0.717, 1.165) is 16.7 Å². The molecule has 0 radical (unpaired) electrons. The number of hydrogen-bond donors (Lipinski definition) is 1. The lowest BCUT2D eigenvalue weighted by atomic mass is 10.2. The van der Waals surface area contributed by atoms with Crippen molar-refractivity contribution in [2.45, 2.75) is 0 Å². The summed E-state index contributed by atoms with van der Waals surface area (Å²) in [5, 5.41) is 1.20. The monoisotopic (exact) mass is 324 g/mol. The maximum Gasteiger partial charge on any atom is 0.182 e. The molecule has 0 saturated heterocycles. The van der Waals surface area contributed by atoms with Crippen LogP contribution in [0.4, 0.5) is 0 Å². The quantitative estimate of drug-likeness (QED) is 0.672. The van der Waals surface area contributed by atoms with Crippen LogP contribution < -0.4 is 4.74 Å². The molecule has 0 aliphatic heterocycles. The van der Waals surface area contributed by atoms with Crippen molar-refractivity contribution in [3.8, 4) is 11.4 Å². The fourth-order valence-electron chi connectivity index (χ4n) is 2.13. The average molecular weight is 325 g/mol. The number of imidazole rings is 1. The molecule has 1 N–H and O–H groups in total. The number of benzene rings is 2. The minimum atomic E-state index is 0.531. The van der Waals surface area contributed by atoms with Crippen LogP contribution >= 0.6 is 35.4 Å². The Balaban J connectivity index is 2.38. The van der Waals surface area contributed by atoms with E-state index in [9.17, 15) is 0 Å². The van der Waals surface area contributed by atoms with Gasteiger partial charge in [-0.15, -0.1) is 0 Å². The number of aromatic amines is 1. The summed E-state index contributed by atoms with van der Waals surface area (Å²) in [4.78, 5) is 3.10. The second-order valence-electron chi connectivity index (χ2n) is 4.22. The molecule has 2 aromatic carbocycles. The number of para-hydroxylation sites is 1. The fraction of sp³-hybridized carbons (Fsp3) is 0.0714. The highest BCUT2D eigenvalue weighted by molar-refractivity contribution is 7.71. The molecular formula is C14H10Cl2N2OS. The first kappa shape index (κ1) is 13.5. The molecular weight excluding hydrogens is 315 g/mol. The third kappa shape index (κ3) is 2.10. The molecule has 1 heterocycles. The number of halogens is 2. The Morgan fingerprint density at radius 3 is 2.70 bits per heavy atom. The van der Waals surface area contributed by atoms with E-state index in [-0.39, 0.29) is 0 Å². The van der Waals surface area contributed by atoms with Gasteiger partial charge in [-0.25, -0.2) is 0 Å². The Hall–Kier alpha value is -1.49. The molecule has 102 valence electrons. The zero-order valence-corrected chi connectivity index (χ0v) is 12.8. The second-order valence-corrected chi connectivity index (χ2v) is 5.42. The zero-order valence-electron chi connectivity index (χ0n) is 10.5. The minimum absolute atomic E-state index is 0.531. The van der Waals surface area contributed by atoms with Gasteiger partial charge in [0.25, 0.3) is 0 Å². The standard InChI is InChI=1S/C14H10Cl2N2OS/c1-19-8-5-6-9(15)12(7-8)18-11-4-2-3-10(16)13(11)17-14(18)20/h2-7H,1H3,(H,17,20). The number of ether oxygens (including phenoxy) is 1. The third-order valence-corrected chi connectivity index (χ3v) is 3.98. The van der Waals surface area contributed by atoms with Gasteiger partial charge in [0.2, 0.25) is 0 Å². The summed E-state index contributed by atoms with van der Waals surface area (Å²) < 4.78 is 7.62. The van der Waals surface area contributed by atoms with E-state index in [0.29, 0.717) is 20.6 Å². The third-order valence-electron chi connectivity index (χ3n) is 3.06. The van der Waals surface area contributed by atoms with Crippen molar-refractivity contribution in [1.29, 1.82) is 0 Å².